The van der Waals surface area contributed by atoms with Gasteiger partial charge in [-0.05, 0) is 48.7 Å². The number of amides is 1. The highest BCUT2D eigenvalue weighted by atomic mass is 32.2. The summed E-state index contributed by atoms with van der Waals surface area (Å²) in [7, 11) is -7.18. The van der Waals surface area contributed by atoms with Crippen molar-refractivity contribution in [1.29, 1.82) is 0 Å². The average Bonchev–Trinajstić information content (AvgIpc) is 3.28. The normalized spacial score (nSPS) is 18.3. The predicted octanol–water partition coefficient (Wildman–Crippen LogP) is 2.58. The number of hydrogen-bond donors (Lipinski definition) is 2. The number of carbonyl (C=O) groups excluding carboxylic acids is 1. The van der Waals surface area contributed by atoms with Crippen LogP contribution < -0.4 is 10.0 Å². The molecule has 2 N–H and O–H groups in total. The van der Waals surface area contributed by atoms with Gasteiger partial charge in [0, 0.05) is 11.6 Å². The Kier molecular flexibility index (Phi) is 5.86. The zero-order chi connectivity index (χ0) is 22.2. The van der Waals surface area contributed by atoms with Crippen LogP contribution in [-0.2, 0) is 26.3 Å². The zero-order valence-corrected chi connectivity index (χ0v) is 19.1. The third-order valence-corrected chi connectivity index (χ3v) is 9.26. The number of aryl methyl sites for hydroxylation is 1. The molecule has 8 nitrogen and oxygen atoms in total. The summed E-state index contributed by atoms with van der Waals surface area (Å²) in [6.07, 6.45) is 1.14. The van der Waals surface area contributed by atoms with Crippen molar-refractivity contribution in [2.24, 2.45) is 0 Å². The Morgan fingerprint density at radius 1 is 1.23 bits per heavy atom. The highest BCUT2D eigenvalue weighted by Crippen LogP contribution is 2.27. The number of nitrogens with zero attached hydrogens (tertiary/aromatic N) is 1. The first kappa shape index (κ1) is 21.9. The number of hydrogen-bond acceptors (Lipinski definition) is 7. The van der Waals surface area contributed by atoms with E-state index in [-0.39, 0.29) is 28.4 Å². The molecule has 2 aromatic carbocycles. The summed E-state index contributed by atoms with van der Waals surface area (Å²) in [4.78, 5) is 17.0. The van der Waals surface area contributed by atoms with Crippen molar-refractivity contribution in [3.8, 4) is 0 Å². The van der Waals surface area contributed by atoms with Gasteiger partial charge in [-0.2, -0.15) is 0 Å². The van der Waals surface area contributed by atoms with Crippen LogP contribution in [0.25, 0.3) is 10.2 Å². The molecule has 164 valence electrons. The third-order valence-electron chi connectivity index (χ3n) is 5.04. The van der Waals surface area contributed by atoms with Crippen molar-refractivity contribution in [3.05, 3.63) is 53.6 Å². The van der Waals surface area contributed by atoms with Gasteiger partial charge in [-0.25, -0.2) is 26.5 Å². The molecule has 11 heteroatoms. The van der Waals surface area contributed by atoms with Gasteiger partial charge in [0.15, 0.2) is 15.0 Å². The molecule has 0 radical (unpaired) electrons. The second kappa shape index (κ2) is 8.30. The van der Waals surface area contributed by atoms with Crippen LogP contribution in [0, 0.1) is 0 Å². The Balaban J connectivity index is 1.51. The predicted molar refractivity (Wildman–Crippen MR) is 121 cm³/mol. The second-order valence-electron chi connectivity index (χ2n) is 7.38. The van der Waals surface area contributed by atoms with Crippen molar-refractivity contribution >= 4 is 52.5 Å². The fraction of sp³-hybridized carbons (Fsp3) is 0.300. The molecule has 1 aliphatic heterocycles. The van der Waals surface area contributed by atoms with E-state index in [1.54, 1.807) is 0 Å². The number of fused-ring (bicyclic) bond motifs is 1. The van der Waals surface area contributed by atoms with E-state index in [1.807, 2.05) is 18.2 Å². The lowest BCUT2D eigenvalue weighted by molar-refractivity contribution is 0.102. The van der Waals surface area contributed by atoms with Gasteiger partial charge in [0.25, 0.3) is 5.91 Å². The summed E-state index contributed by atoms with van der Waals surface area (Å²) in [6.45, 7) is 2.06. The number of benzene rings is 2. The van der Waals surface area contributed by atoms with Crippen LogP contribution >= 0.6 is 11.3 Å². The SMILES string of the molecule is CCc1ccc2nc(NC(=O)c3cccc(S(=O)(=O)NC4CCS(=O)(=O)C4)c3)sc2c1. The molecule has 2 heterocycles. The smallest absolute Gasteiger partial charge is 0.257 e. The number of carbonyl (C=O) groups is 1. The minimum Gasteiger partial charge on any atom is -0.298 e. The van der Waals surface area contributed by atoms with E-state index in [9.17, 15) is 21.6 Å². The summed E-state index contributed by atoms with van der Waals surface area (Å²) in [5.74, 6) is -0.732. The minimum atomic E-state index is -3.96. The van der Waals surface area contributed by atoms with Gasteiger partial charge < -0.3 is 0 Å². The summed E-state index contributed by atoms with van der Waals surface area (Å²) in [5.41, 5.74) is 2.12. The van der Waals surface area contributed by atoms with Crippen molar-refractivity contribution in [3.63, 3.8) is 0 Å². The van der Waals surface area contributed by atoms with Crippen molar-refractivity contribution < 1.29 is 21.6 Å². The number of anilines is 1. The molecule has 31 heavy (non-hydrogen) atoms. The van der Waals surface area contributed by atoms with Gasteiger partial charge in [-0.1, -0.05) is 30.4 Å². The molecule has 1 fully saturated rings. The fourth-order valence-corrected chi connectivity index (χ4v) is 7.41. The molecule has 1 amide bonds. The van der Waals surface area contributed by atoms with E-state index in [4.69, 9.17) is 0 Å². The molecule has 1 unspecified atom stereocenters. The van der Waals surface area contributed by atoms with Crippen molar-refractivity contribution in [1.82, 2.24) is 9.71 Å². The Bertz CT molecular complexity index is 1360. The molecule has 0 aliphatic carbocycles. The molecular weight excluding hydrogens is 458 g/mol. The zero-order valence-electron chi connectivity index (χ0n) is 16.7. The Labute approximate surface area is 184 Å². The molecule has 4 rings (SSSR count). The van der Waals surface area contributed by atoms with E-state index in [2.05, 4.69) is 21.9 Å². The maximum atomic E-state index is 12.7. The minimum absolute atomic E-state index is 0.0372. The third kappa shape index (κ3) is 4.95. The number of sulfone groups is 1. The average molecular weight is 480 g/mol. The molecular formula is C20H21N3O5S3. The topological polar surface area (TPSA) is 122 Å². The van der Waals surface area contributed by atoms with Crippen LogP contribution in [0.3, 0.4) is 0 Å². The Hall–Kier alpha value is -2.34. The number of rotatable bonds is 6. The summed E-state index contributed by atoms with van der Waals surface area (Å²) >= 11 is 1.35. The monoisotopic (exact) mass is 479 g/mol. The summed E-state index contributed by atoms with van der Waals surface area (Å²) < 4.78 is 51.9. The molecule has 0 bridgehead atoms. The van der Waals surface area contributed by atoms with Crippen LogP contribution in [0.1, 0.15) is 29.3 Å². The maximum absolute atomic E-state index is 12.7. The van der Waals surface area contributed by atoms with Gasteiger partial charge in [-0.3, -0.25) is 10.1 Å². The van der Waals surface area contributed by atoms with E-state index in [0.717, 1.165) is 16.6 Å². The van der Waals surface area contributed by atoms with Crippen LogP contribution in [0.2, 0.25) is 0 Å². The van der Waals surface area contributed by atoms with Crippen molar-refractivity contribution in [2.75, 3.05) is 16.8 Å². The number of nitrogens with one attached hydrogen (secondary N) is 2. The van der Waals surface area contributed by atoms with Crippen LogP contribution in [0.5, 0.6) is 0 Å². The quantitative estimate of drug-likeness (QED) is 0.560. The molecule has 1 atom stereocenters. The van der Waals surface area contributed by atoms with Gasteiger partial charge >= 0.3 is 0 Å². The first-order chi connectivity index (χ1) is 14.6. The van der Waals surface area contributed by atoms with Crippen LogP contribution in [0.15, 0.2) is 47.4 Å². The largest absolute Gasteiger partial charge is 0.298 e. The lowest BCUT2D eigenvalue weighted by Crippen LogP contribution is -2.35. The van der Waals surface area contributed by atoms with Crippen molar-refractivity contribution in [2.45, 2.75) is 30.7 Å². The molecule has 1 saturated heterocycles. The van der Waals surface area contributed by atoms with E-state index in [1.165, 1.54) is 41.2 Å². The van der Waals surface area contributed by atoms with Gasteiger partial charge in [-0.15, -0.1) is 0 Å². The standard InChI is InChI=1S/C20H21N3O5S3/c1-2-13-6-7-17-18(10-13)29-20(21-17)22-19(24)14-4-3-5-16(11-14)31(27,28)23-15-8-9-30(25,26)12-15/h3-7,10-11,15,23H,2,8-9,12H2,1H3,(H,21,22,24). The molecule has 3 aromatic rings. The molecule has 1 aromatic heterocycles. The first-order valence-electron chi connectivity index (χ1n) is 9.69. The van der Waals surface area contributed by atoms with E-state index >= 15 is 0 Å². The first-order valence-corrected chi connectivity index (χ1v) is 13.8. The number of thiazole rings is 1. The van der Waals surface area contributed by atoms with Gasteiger partial charge in [0.1, 0.15) is 0 Å². The highest BCUT2D eigenvalue weighted by molar-refractivity contribution is 7.92. The Morgan fingerprint density at radius 2 is 2.03 bits per heavy atom. The van der Waals surface area contributed by atoms with E-state index < -0.39 is 31.8 Å². The fourth-order valence-electron chi connectivity index (χ4n) is 3.39. The van der Waals surface area contributed by atoms with E-state index in [0.29, 0.717) is 5.13 Å². The lowest BCUT2D eigenvalue weighted by atomic mass is 10.2. The van der Waals surface area contributed by atoms with Crippen LogP contribution in [-0.4, -0.2) is 45.3 Å². The maximum Gasteiger partial charge on any atom is 0.257 e. The van der Waals surface area contributed by atoms with Crippen LogP contribution in [0.4, 0.5) is 5.13 Å². The molecule has 1 aliphatic rings. The summed E-state index contributed by atoms with van der Waals surface area (Å²) in [6, 6.07) is 10.9. The Morgan fingerprint density at radius 3 is 2.74 bits per heavy atom. The number of aromatic nitrogens is 1. The molecule has 0 spiro atoms. The lowest BCUT2D eigenvalue weighted by Gasteiger charge is -2.12. The summed E-state index contributed by atoms with van der Waals surface area (Å²) in [5, 5.41) is 3.15. The van der Waals surface area contributed by atoms with Gasteiger partial charge in [0.05, 0.1) is 26.6 Å². The second-order valence-corrected chi connectivity index (χ2v) is 12.4. The number of sulfonamides is 1. The molecule has 0 saturated carbocycles. The van der Waals surface area contributed by atoms with Gasteiger partial charge in [0.2, 0.25) is 10.0 Å². The highest BCUT2D eigenvalue weighted by Gasteiger charge is 2.31.